The zero-order valence-corrected chi connectivity index (χ0v) is 29.3. The molecule has 0 spiro atoms. The molecule has 3 fully saturated rings. The van der Waals surface area contributed by atoms with Gasteiger partial charge in [-0.1, -0.05) is 23.2 Å². The lowest BCUT2D eigenvalue weighted by Gasteiger charge is -2.31. The van der Waals surface area contributed by atoms with Gasteiger partial charge in [-0.15, -0.1) is 0 Å². The van der Waals surface area contributed by atoms with Crippen LogP contribution in [0.3, 0.4) is 0 Å². The molecule has 2 unspecified atom stereocenters. The van der Waals surface area contributed by atoms with Crippen LogP contribution in [0.25, 0.3) is 11.3 Å². The first kappa shape index (κ1) is 34.2. The Balaban J connectivity index is 1.15. The third-order valence-corrected chi connectivity index (χ3v) is 9.55. The van der Waals surface area contributed by atoms with E-state index in [4.69, 9.17) is 42.4 Å². The molecule has 256 valence electrons. The van der Waals surface area contributed by atoms with Crippen LogP contribution in [-0.2, 0) is 20.8 Å². The van der Waals surface area contributed by atoms with Gasteiger partial charge in [0.25, 0.3) is 0 Å². The molecule has 3 aromatic rings. The van der Waals surface area contributed by atoms with Gasteiger partial charge in [-0.3, -0.25) is 9.69 Å². The molecule has 3 saturated heterocycles. The minimum Gasteiger partial charge on any atom is -0.469 e. The molecule has 13 heteroatoms. The summed E-state index contributed by atoms with van der Waals surface area (Å²) in [7, 11) is 1.44. The molecule has 3 aliphatic rings. The highest BCUT2D eigenvalue weighted by Gasteiger charge is 2.45. The maximum Gasteiger partial charge on any atom is 0.410 e. The Hall–Kier alpha value is -3.67. The number of carbonyl (C=O) groups is 2. The lowest BCUT2D eigenvalue weighted by Crippen LogP contribution is -2.42. The predicted octanol–water partition coefficient (Wildman–Crippen LogP) is 6.86. The van der Waals surface area contributed by atoms with Crippen molar-refractivity contribution in [3.63, 3.8) is 0 Å². The highest BCUT2D eigenvalue weighted by atomic mass is 35.5. The van der Waals surface area contributed by atoms with Crippen LogP contribution in [0.4, 0.5) is 10.7 Å². The van der Waals surface area contributed by atoms with E-state index >= 15 is 0 Å². The summed E-state index contributed by atoms with van der Waals surface area (Å²) in [6.45, 7) is 10.2. The molecule has 3 aliphatic heterocycles. The van der Waals surface area contributed by atoms with Crippen molar-refractivity contribution >= 4 is 41.2 Å². The van der Waals surface area contributed by atoms with Gasteiger partial charge in [0.05, 0.1) is 31.2 Å². The molecule has 48 heavy (non-hydrogen) atoms. The Morgan fingerprint density at radius 3 is 2.31 bits per heavy atom. The molecule has 1 aromatic carbocycles. The van der Waals surface area contributed by atoms with E-state index in [2.05, 4.69) is 19.8 Å². The average molecular weight is 698 g/mol. The summed E-state index contributed by atoms with van der Waals surface area (Å²) in [5, 5.41) is 1.04. The van der Waals surface area contributed by atoms with Crippen LogP contribution >= 0.6 is 23.2 Å². The molecular formula is C35H42Cl2N6O5. The van der Waals surface area contributed by atoms with Gasteiger partial charge in [-0.2, -0.15) is 0 Å². The van der Waals surface area contributed by atoms with Gasteiger partial charge in [0.15, 0.2) is 5.75 Å². The van der Waals surface area contributed by atoms with Crippen molar-refractivity contribution < 1.29 is 23.8 Å². The first-order valence-corrected chi connectivity index (χ1v) is 17.2. The van der Waals surface area contributed by atoms with Gasteiger partial charge in [0, 0.05) is 60.2 Å². The number of ether oxygens (including phenoxy) is 3. The number of nitrogens with zero attached hydrogens (tertiary/aromatic N) is 6. The lowest BCUT2D eigenvalue weighted by molar-refractivity contribution is -0.142. The van der Waals surface area contributed by atoms with E-state index in [0.717, 1.165) is 50.0 Å². The maximum absolute atomic E-state index is 12.8. The maximum atomic E-state index is 12.8. The van der Waals surface area contributed by atoms with E-state index in [0.29, 0.717) is 71.2 Å². The zero-order valence-electron chi connectivity index (χ0n) is 27.8. The van der Waals surface area contributed by atoms with E-state index in [9.17, 15) is 9.59 Å². The van der Waals surface area contributed by atoms with Gasteiger partial charge < -0.3 is 24.0 Å². The molecule has 0 saturated carbocycles. The SMILES string of the molecule is COC(=O)CC1CCN(Cc2cc(Oc3cnc(N4CC5CCN(C(=O)OC(C)(C)C)C5C4)nc3)nc(-c3cc(Cl)cc(Cl)c3)c2)CC1. The molecule has 1 amide bonds. The molecule has 2 aromatic heterocycles. The van der Waals surface area contributed by atoms with Crippen LogP contribution < -0.4 is 9.64 Å². The Labute approximate surface area is 291 Å². The monoisotopic (exact) mass is 696 g/mol. The summed E-state index contributed by atoms with van der Waals surface area (Å²) < 4.78 is 16.7. The molecule has 0 bridgehead atoms. The number of rotatable bonds is 8. The fourth-order valence-corrected chi connectivity index (χ4v) is 7.32. The zero-order chi connectivity index (χ0) is 34.0. The van der Waals surface area contributed by atoms with Gasteiger partial charge in [0.1, 0.15) is 5.60 Å². The van der Waals surface area contributed by atoms with Gasteiger partial charge in [-0.25, -0.2) is 19.7 Å². The summed E-state index contributed by atoms with van der Waals surface area (Å²) in [6, 6.07) is 9.37. The summed E-state index contributed by atoms with van der Waals surface area (Å²) in [4.78, 5) is 44.9. The number of methoxy groups -OCH3 is 1. The molecule has 0 radical (unpaired) electrons. The summed E-state index contributed by atoms with van der Waals surface area (Å²) in [6.07, 6.45) is 6.29. The van der Waals surface area contributed by atoms with Crippen LogP contribution in [0.5, 0.6) is 11.6 Å². The van der Waals surface area contributed by atoms with Crippen molar-refractivity contribution in [3.8, 4) is 22.9 Å². The summed E-state index contributed by atoms with van der Waals surface area (Å²) >= 11 is 12.7. The second-order valence-corrected chi connectivity index (χ2v) is 14.7. The van der Waals surface area contributed by atoms with Crippen molar-refractivity contribution in [2.24, 2.45) is 11.8 Å². The normalized spacial score (nSPS) is 20.1. The van der Waals surface area contributed by atoms with E-state index in [1.54, 1.807) is 18.5 Å². The number of carbonyl (C=O) groups excluding carboxylic acids is 2. The van der Waals surface area contributed by atoms with E-state index < -0.39 is 5.60 Å². The number of benzene rings is 1. The van der Waals surface area contributed by atoms with Crippen LogP contribution in [0, 0.1) is 11.8 Å². The van der Waals surface area contributed by atoms with Crippen LogP contribution in [0.2, 0.25) is 10.0 Å². The Kier molecular flexibility index (Phi) is 10.3. The second-order valence-electron chi connectivity index (χ2n) is 13.9. The standard InChI is InChI=1S/C35H42Cl2N6O5/c1-35(2,3)48-34(45)43-10-7-24-20-42(21-30(24)43)33-38-17-28(18-39-33)47-31-12-23(11-29(40-31)25-14-26(36)16-27(37)15-25)19-41-8-5-22(6-9-41)13-32(44)46-4/h11-12,14-18,22,24,30H,5-10,13,19-21H2,1-4H3. The van der Waals surface area contributed by atoms with E-state index in [-0.39, 0.29) is 18.1 Å². The number of pyridine rings is 1. The topological polar surface area (TPSA) is 110 Å². The average Bonchev–Trinajstić information content (AvgIpc) is 3.62. The minimum atomic E-state index is -0.535. The highest BCUT2D eigenvalue weighted by Crippen LogP contribution is 2.35. The molecule has 0 aliphatic carbocycles. The Morgan fingerprint density at radius 2 is 1.65 bits per heavy atom. The fourth-order valence-electron chi connectivity index (χ4n) is 6.80. The van der Waals surface area contributed by atoms with Crippen LogP contribution in [0.15, 0.2) is 42.7 Å². The number of anilines is 1. The minimum absolute atomic E-state index is 0.0726. The first-order chi connectivity index (χ1) is 22.9. The number of aromatic nitrogens is 3. The number of hydrogen-bond donors (Lipinski definition) is 0. The van der Waals surface area contributed by atoms with Crippen molar-refractivity contribution in [2.75, 3.05) is 44.7 Å². The molecule has 5 heterocycles. The van der Waals surface area contributed by atoms with Crippen LogP contribution in [0.1, 0.15) is 52.0 Å². The van der Waals surface area contributed by atoms with Crippen molar-refractivity contribution in [1.29, 1.82) is 0 Å². The third-order valence-electron chi connectivity index (χ3n) is 9.11. The first-order valence-electron chi connectivity index (χ1n) is 16.4. The quantitative estimate of drug-likeness (QED) is 0.232. The van der Waals surface area contributed by atoms with Crippen LogP contribution in [-0.4, -0.2) is 88.3 Å². The molecule has 2 atom stereocenters. The highest BCUT2D eigenvalue weighted by molar-refractivity contribution is 6.35. The van der Waals surface area contributed by atoms with Crippen molar-refractivity contribution in [2.45, 2.75) is 64.6 Å². The largest absolute Gasteiger partial charge is 0.469 e. The number of hydrogen-bond acceptors (Lipinski definition) is 10. The number of likely N-dealkylation sites (tertiary alicyclic amines) is 2. The van der Waals surface area contributed by atoms with Gasteiger partial charge in [0.2, 0.25) is 11.8 Å². The smallest absolute Gasteiger partial charge is 0.410 e. The molecule has 0 N–H and O–H groups in total. The number of fused-ring (bicyclic) bond motifs is 1. The summed E-state index contributed by atoms with van der Waals surface area (Å²) in [5.74, 6) is 1.98. The third kappa shape index (κ3) is 8.48. The number of halogens is 2. The van der Waals surface area contributed by atoms with E-state index in [1.165, 1.54) is 7.11 Å². The Bertz CT molecular complexity index is 1610. The number of piperidine rings is 1. The molecule has 11 nitrogen and oxygen atoms in total. The fraction of sp³-hybridized carbons (Fsp3) is 0.514. The van der Waals surface area contributed by atoms with Crippen molar-refractivity contribution in [1.82, 2.24) is 24.8 Å². The molecule has 6 rings (SSSR count). The van der Waals surface area contributed by atoms with Gasteiger partial charge >= 0.3 is 12.1 Å². The number of esters is 1. The molecular weight excluding hydrogens is 655 g/mol. The predicted molar refractivity (Wildman–Crippen MR) is 183 cm³/mol. The van der Waals surface area contributed by atoms with Gasteiger partial charge in [-0.05, 0) is 88.9 Å². The van der Waals surface area contributed by atoms with E-state index in [1.807, 2.05) is 49.9 Å². The second kappa shape index (κ2) is 14.4. The van der Waals surface area contributed by atoms with Crippen molar-refractivity contribution in [3.05, 3.63) is 58.3 Å². The number of amides is 1. The lowest BCUT2D eigenvalue weighted by atomic mass is 9.93. The Morgan fingerprint density at radius 1 is 0.938 bits per heavy atom. The summed E-state index contributed by atoms with van der Waals surface area (Å²) in [5.41, 5.74) is 1.95.